The van der Waals surface area contributed by atoms with Gasteiger partial charge in [0.25, 0.3) is 0 Å². The third-order valence-corrected chi connectivity index (χ3v) is 12.3. The van der Waals surface area contributed by atoms with Crippen LogP contribution < -0.4 is 5.32 Å². The summed E-state index contributed by atoms with van der Waals surface area (Å²) < 4.78 is 6.64. The summed E-state index contributed by atoms with van der Waals surface area (Å²) in [6, 6.07) is 30.3. The summed E-state index contributed by atoms with van der Waals surface area (Å²) in [5.41, 5.74) is 22.5. The second-order valence-electron chi connectivity index (χ2n) is 16.9. The van der Waals surface area contributed by atoms with E-state index in [0.29, 0.717) is 6.04 Å². The number of rotatable bonds is 9. The molecule has 63 heavy (non-hydrogen) atoms. The Balaban J connectivity index is 0.000000203. The quantitative estimate of drug-likeness (QED) is 0.116. The van der Waals surface area contributed by atoms with Crippen LogP contribution in [-0.4, -0.2) is 42.5 Å². The lowest BCUT2D eigenvalue weighted by Crippen LogP contribution is -2.05. The number of anilines is 1. The van der Waals surface area contributed by atoms with Crippen molar-refractivity contribution in [1.82, 2.24) is 23.9 Å². The molecule has 4 aromatic carbocycles. The summed E-state index contributed by atoms with van der Waals surface area (Å²) in [4.78, 5) is 12.4. The molecule has 0 fully saturated rings. The van der Waals surface area contributed by atoms with Crippen LogP contribution in [0.2, 0.25) is 0 Å². The molecule has 0 saturated heterocycles. The Bertz CT molecular complexity index is 2730. The van der Waals surface area contributed by atoms with Crippen LogP contribution in [0.3, 0.4) is 0 Å². The van der Waals surface area contributed by atoms with Gasteiger partial charge in [0.05, 0.1) is 5.69 Å². The number of aromatic nitrogens is 5. The maximum absolute atomic E-state index is 4.72. The van der Waals surface area contributed by atoms with Crippen LogP contribution in [0.1, 0.15) is 99.4 Å². The lowest BCUT2D eigenvalue weighted by molar-refractivity contribution is 0.833. The highest BCUT2D eigenvalue weighted by atomic mass is 15.3. The van der Waals surface area contributed by atoms with Crippen molar-refractivity contribution in [2.24, 2.45) is 9.98 Å². The average Bonchev–Trinajstić information content (AvgIpc) is 3.81. The van der Waals surface area contributed by atoms with E-state index < -0.39 is 0 Å². The van der Waals surface area contributed by atoms with Gasteiger partial charge < -0.3 is 14.5 Å². The lowest BCUT2D eigenvalue weighted by atomic mass is 10.0. The van der Waals surface area contributed by atoms with E-state index in [4.69, 9.17) is 10.1 Å². The van der Waals surface area contributed by atoms with E-state index in [1.807, 2.05) is 44.5 Å². The molecule has 1 N–H and O–H groups in total. The van der Waals surface area contributed by atoms with Gasteiger partial charge in [-0.05, 0) is 191 Å². The number of nitrogens with zero attached hydrogens (tertiary/aromatic N) is 7. The number of hydrogen-bond donors (Lipinski definition) is 1. The Morgan fingerprint density at radius 3 is 1.75 bits per heavy atom. The monoisotopic (exact) mass is 841 g/mol. The minimum absolute atomic E-state index is 0.334. The molecule has 8 heteroatoms. The molecule has 7 rings (SSSR count). The zero-order valence-electron chi connectivity index (χ0n) is 40.5. The molecular formula is C55H68N8. The minimum Gasteiger partial charge on any atom is -0.381 e. The van der Waals surface area contributed by atoms with Gasteiger partial charge in [-0.1, -0.05) is 67.3 Å². The minimum atomic E-state index is 0.334. The molecule has 7 aromatic rings. The molecule has 0 bridgehead atoms. The Morgan fingerprint density at radius 1 is 0.651 bits per heavy atom. The van der Waals surface area contributed by atoms with Crippen molar-refractivity contribution in [3.05, 3.63) is 170 Å². The standard InChI is InChI=1S/C25H30N2.C24H26N4.C6H12N2/c1-8-22-10-11-23(17(3)13-22)15-26-25-14-24(12-9-16(25)2)27-20(6)18(4)19(5)21(27)7;1-15-10-7-8-13-23(15)24-25-20(6)26-28(24)22-12-9-11-21(14-22)27-18(4)16(2)17(3)19(27)5;1-5(2)8-6(3)7-4/h8-14,26H,1,15H2,2-7H3;7-14H,1-6H3;5H,4H2,1-3H3. The molecule has 0 aliphatic rings. The van der Waals surface area contributed by atoms with Crippen molar-refractivity contribution in [2.45, 2.75) is 116 Å². The molecule has 3 aromatic heterocycles. The first-order chi connectivity index (χ1) is 29.9. The molecule has 0 spiro atoms. The smallest absolute Gasteiger partial charge is 0.163 e. The molecule has 0 unspecified atom stereocenters. The normalized spacial score (nSPS) is 11.2. The van der Waals surface area contributed by atoms with Gasteiger partial charge in [-0.2, -0.15) is 5.10 Å². The van der Waals surface area contributed by atoms with Gasteiger partial charge in [-0.25, -0.2) is 14.7 Å². The second-order valence-corrected chi connectivity index (χ2v) is 16.9. The van der Waals surface area contributed by atoms with E-state index >= 15 is 0 Å². The second kappa shape index (κ2) is 20.6. The van der Waals surface area contributed by atoms with Gasteiger partial charge in [-0.3, -0.25) is 4.99 Å². The predicted octanol–water partition coefficient (Wildman–Crippen LogP) is 13.7. The molecular weight excluding hydrogens is 773 g/mol. The highest BCUT2D eigenvalue weighted by molar-refractivity contribution is 5.83. The number of hydrogen-bond acceptors (Lipinski definition) is 4. The molecule has 328 valence electrons. The highest BCUT2D eigenvalue weighted by Gasteiger charge is 2.17. The Labute approximate surface area is 377 Å². The maximum atomic E-state index is 4.72. The largest absolute Gasteiger partial charge is 0.381 e. The van der Waals surface area contributed by atoms with Crippen molar-refractivity contribution < 1.29 is 0 Å². The molecule has 0 aliphatic carbocycles. The van der Waals surface area contributed by atoms with Gasteiger partial charge in [0.15, 0.2) is 5.82 Å². The van der Waals surface area contributed by atoms with Crippen LogP contribution in [0.25, 0.3) is 34.5 Å². The Hall–Kier alpha value is -6.54. The maximum Gasteiger partial charge on any atom is 0.163 e. The topological polar surface area (TPSA) is 77.3 Å². The van der Waals surface area contributed by atoms with E-state index in [2.05, 4.69) is 193 Å². The van der Waals surface area contributed by atoms with Crippen molar-refractivity contribution >= 4 is 24.3 Å². The van der Waals surface area contributed by atoms with Gasteiger partial charge in [0, 0.05) is 58.0 Å². The van der Waals surface area contributed by atoms with E-state index in [0.717, 1.165) is 41.0 Å². The summed E-state index contributed by atoms with van der Waals surface area (Å²) in [6.07, 6.45) is 1.89. The first-order valence-corrected chi connectivity index (χ1v) is 21.9. The number of benzene rings is 4. The Morgan fingerprint density at radius 2 is 1.22 bits per heavy atom. The van der Waals surface area contributed by atoms with E-state index in [1.165, 1.54) is 84.2 Å². The first kappa shape index (κ1) is 47.5. The summed E-state index contributed by atoms with van der Waals surface area (Å²) in [5, 5.41) is 8.34. The van der Waals surface area contributed by atoms with Crippen molar-refractivity contribution in [2.75, 3.05) is 5.32 Å². The molecule has 0 saturated carbocycles. The van der Waals surface area contributed by atoms with Crippen LogP contribution >= 0.6 is 0 Å². The average molecular weight is 841 g/mol. The Kier molecular flexibility index (Phi) is 15.5. The van der Waals surface area contributed by atoms with E-state index in [9.17, 15) is 0 Å². The van der Waals surface area contributed by atoms with Crippen LogP contribution in [0.5, 0.6) is 0 Å². The van der Waals surface area contributed by atoms with Gasteiger partial charge in [0.2, 0.25) is 0 Å². The number of amidine groups is 1. The first-order valence-electron chi connectivity index (χ1n) is 21.9. The third kappa shape index (κ3) is 10.7. The summed E-state index contributed by atoms with van der Waals surface area (Å²) in [6.45, 7) is 39.8. The molecule has 0 radical (unpaired) electrons. The number of aryl methyl sites for hydroxylation is 4. The van der Waals surface area contributed by atoms with Gasteiger partial charge in [-0.15, -0.1) is 0 Å². The highest BCUT2D eigenvalue weighted by Crippen LogP contribution is 2.30. The molecule has 0 amide bonds. The third-order valence-electron chi connectivity index (χ3n) is 12.3. The predicted molar refractivity (Wildman–Crippen MR) is 270 cm³/mol. The van der Waals surface area contributed by atoms with Gasteiger partial charge in [0.1, 0.15) is 11.7 Å². The zero-order chi connectivity index (χ0) is 46.3. The molecule has 3 heterocycles. The van der Waals surface area contributed by atoms with Gasteiger partial charge >= 0.3 is 0 Å². The number of nitrogens with one attached hydrogen (secondary N) is 1. The summed E-state index contributed by atoms with van der Waals surface area (Å²) in [7, 11) is 0. The van der Waals surface area contributed by atoms with Crippen molar-refractivity contribution in [3.8, 4) is 28.5 Å². The fourth-order valence-electron chi connectivity index (χ4n) is 7.98. The van der Waals surface area contributed by atoms with Crippen LogP contribution in [0.15, 0.2) is 101 Å². The molecule has 8 nitrogen and oxygen atoms in total. The van der Waals surface area contributed by atoms with Crippen LogP contribution in [0.4, 0.5) is 5.69 Å². The zero-order valence-corrected chi connectivity index (χ0v) is 40.5. The van der Waals surface area contributed by atoms with E-state index in [-0.39, 0.29) is 0 Å². The van der Waals surface area contributed by atoms with Crippen LogP contribution in [0, 0.1) is 83.1 Å². The fraction of sp³-hybridized carbons (Fsp3) is 0.309. The molecule has 0 aliphatic heterocycles. The summed E-state index contributed by atoms with van der Waals surface area (Å²) >= 11 is 0. The molecule has 0 atom stereocenters. The lowest BCUT2D eigenvalue weighted by Gasteiger charge is -2.16. The van der Waals surface area contributed by atoms with Crippen molar-refractivity contribution in [1.29, 1.82) is 0 Å². The SMILES string of the molecule is C=Cc1ccc(CNc2cc(-n3c(C)c(C)c(C)c3C)ccc2C)c(C)c1.C=NC(C)=NC(C)C.Cc1nc(-c2ccccc2C)n(-c2cccc(-n3c(C)c(C)c(C)c3C)c2)n1. The summed E-state index contributed by atoms with van der Waals surface area (Å²) in [5.74, 6) is 2.41. The fourth-order valence-corrected chi connectivity index (χ4v) is 7.98. The van der Waals surface area contributed by atoms with Crippen LogP contribution in [-0.2, 0) is 6.54 Å². The van der Waals surface area contributed by atoms with Crippen molar-refractivity contribution in [3.63, 3.8) is 0 Å². The van der Waals surface area contributed by atoms with E-state index in [1.54, 1.807) is 0 Å². The number of aliphatic imine (C=N–C) groups is 2.